The van der Waals surface area contributed by atoms with E-state index in [0.29, 0.717) is 56.4 Å². The Kier molecular flexibility index (Phi) is 5.36. The number of ether oxygens (including phenoxy) is 2. The third-order valence-corrected chi connectivity index (χ3v) is 7.10. The van der Waals surface area contributed by atoms with Crippen molar-refractivity contribution in [3.63, 3.8) is 0 Å². The molecule has 2 saturated heterocycles. The molecule has 2 aromatic rings. The normalized spacial score (nSPS) is 27.3. The van der Waals surface area contributed by atoms with Crippen LogP contribution in [-0.2, 0) is 9.53 Å². The maximum absolute atomic E-state index is 12.6. The lowest BCUT2D eigenvalue weighted by molar-refractivity contribution is -0.152. The summed E-state index contributed by atoms with van der Waals surface area (Å²) in [6.45, 7) is 3.54. The second-order valence-electron chi connectivity index (χ2n) is 9.90. The summed E-state index contributed by atoms with van der Waals surface area (Å²) < 4.78 is 49.2. The van der Waals surface area contributed by atoms with E-state index in [0.717, 1.165) is 29.5 Å². The summed E-state index contributed by atoms with van der Waals surface area (Å²) in [6, 6.07) is 5.74. The fourth-order valence-corrected chi connectivity index (χ4v) is 5.36. The third kappa shape index (κ3) is 4.32. The second kappa shape index (κ2) is 7.95. The fraction of sp³-hybridized carbons (Fsp3) is 0.609. The third-order valence-electron chi connectivity index (χ3n) is 7.10. The first kappa shape index (κ1) is 21.6. The van der Waals surface area contributed by atoms with E-state index in [1.165, 1.54) is 4.90 Å². The molecule has 1 amide bonds. The molecule has 3 aliphatic rings. The number of halogens is 3. The van der Waals surface area contributed by atoms with Gasteiger partial charge in [-0.25, -0.2) is 0 Å². The highest BCUT2D eigenvalue weighted by Gasteiger charge is 2.44. The topological polar surface area (TPSA) is 66.6 Å². The summed E-state index contributed by atoms with van der Waals surface area (Å²) in [5, 5.41) is 3.87. The first-order valence-electron chi connectivity index (χ1n) is 11.1. The molecule has 1 aliphatic carbocycles. The van der Waals surface area contributed by atoms with Gasteiger partial charge in [0.05, 0.1) is 37.5 Å². The summed E-state index contributed by atoms with van der Waals surface area (Å²) in [4.78, 5) is 17.2. The predicted octanol–water partition coefficient (Wildman–Crippen LogP) is 4.04. The lowest BCUT2D eigenvalue weighted by Gasteiger charge is -2.36. The van der Waals surface area contributed by atoms with Gasteiger partial charge in [0.1, 0.15) is 5.75 Å². The highest BCUT2D eigenvalue weighted by molar-refractivity contribution is 6.04. The number of alkyl halides is 3. The number of nitrogens with one attached hydrogen (secondary N) is 2. The molecular formula is C23H28F3N3O3. The number of benzene rings is 1. The van der Waals surface area contributed by atoms with Gasteiger partial charge in [0.2, 0.25) is 5.91 Å². The Bertz CT molecular complexity index is 987. The van der Waals surface area contributed by atoms with Gasteiger partial charge in [-0.2, -0.15) is 13.2 Å². The van der Waals surface area contributed by atoms with Gasteiger partial charge in [0, 0.05) is 30.2 Å². The molecule has 5 rings (SSSR count). The number of aromatic nitrogens is 1. The number of amides is 1. The standard InChI is InChI=1S/C23H28F3N3O3/c1-22(12-31-13-22)21(30)28-20-7-27-19-3-2-17(6-18(19)20)32-10-14-4-15-8-29(9-16(15)5-14)11-23(24,25)26/h2-3,6-7,14-16,27H,4-5,8-13H2,1H3,(H,28,30)/t14?,15-,16+. The number of hydrogen-bond acceptors (Lipinski definition) is 4. The van der Waals surface area contributed by atoms with Crippen molar-refractivity contribution < 1.29 is 27.4 Å². The average Bonchev–Trinajstić information content (AvgIpc) is 3.36. The van der Waals surface area contributed by atoms with Crippen LogP contribution in [-0.4, -0.2) is 61.4 Å². The summed E-state index contributed by atoms with van der Waals surface area (Å²) in [6.07, 6.45) is -0.527. The van der Waals surface area contributed by atoms with Gasteiger partial charge in [-0.15, -0.1) is 0 Å². The maximum atomic E-state index is 12.6. The van der Waals surface area contributed by atoms with Crippen LogP contribution in [0.1, 0.15) is 19.8 Å². The van der Waals surface area contributed by atoms with Gasteiger partial charge in [-0.05, 0) is 55.7 Å². The number of hydrogen-bond donors (Lipinski definition) is 2. The Labute approximate surface area is 184 Å². The van der Waals surface area contributed by atoms with Crippen molar-refractivity contribution in [3.05, 3.63) is 24.4 Å². The molecule has 1 unspecified atom stereocenters. The van der Waals surface area contributed by atoms with Gasteiger partial charge in [0.15, 0.2) is 0 Å². The number of fused-ring (bicyclic) bond motifs is 2. The van der Waals surface area contributed by atoms with E-state index in [1.54, 1.807) is 6.20 Å². The van der Waals surface area contributed by atoms with Crippen molar-refractivity contribution in [1.82, 2.24) is 9.88 Å². The molecule has 174 valence electrons. The van der Waals surface area contributed by atoms with E-state index >= 15 is 0 Å². The second-order valence-corrected chi connectivity index (χ2v) is 9.90. The summed E-state index contributed by atoms with van der Waals surface area (Å²) in [7, 11) is 0. The number of H-pyrrole nitrogens is 1. The largest absolute Gasteiger partial charge is 0.493 e. The van der Waals surface area contributed by atoms with Gasteiger partial charge in [-0.1, -0.05) is 0 Å². The minimum atomic E-state index is -4.13. The molecule has 3 heterocycles. The van der Waals surface area contributed by atoms with E-state index < -0.39 is 18.1 Å². The fourth-order valence-electron chi connectivity index (χ4n) is 5.36. The van der Waals surface area contributed by atoms with Crippen LogP contribution >= 0.6 is 0 Å². The molecule has 1 aromatic heterocycles. The molecule has 1 saturated carbocycles. The number of aromatic amines is 1. The van der Waals surface area contributed by atoms with Crippen LogP contribution in [0.3, 0.4) is 0 Å². The number of nitrogens with zero attached hydrogens (tertiary/aromatic N) is 1. The van der Waals surface area contributed by atoms with Crippen LogP contribution in [0, 0.1) is 23.2 Å². The monoisotopic (exact) mass is 451 g/mol. The predicted molar refractivity (Wildman–Crippen MR) is 114 cm³/mol. The zero-order chi connectivity index (χ0) is 22.5. The zero-order valence-electron chi connectivity index (χ0n) is 18.0. The highest BCUT2D eigenvalue weighted by atomic mass is 19.4. The van der Waals surface area contributed by atoms with Crippen molar-refractivity contribution in [3.8, 4) is 5.75 Å². The molecule has 3 fully saturated rings. The Morgan fingerprint density at radius 2 is 2.00 bits per heavy atom. The highest BCUT2D eigenvalue weighted by Crippen LogP contribution is 2.42. The summed E-state index contributed by atoms with van der Waals surface area (Å²) in [5.41, 5.74) is 1.13. The van der Waals surface area contributed by atoms with Crippen molar-refractivity contribution >= 4 is 22.5 Å². The first-order chi connectivity index (χ1) is 15.2. The molecule has 0 radical (unpaired) electrons. The smallest absolute Gasteiger partial charge is 0.401 e. The molecule has 2 N–H and O–H groups in total. The molecule has 3 atom stereocenters. The Hall–Kier alpha value is -2.26. The maximum Gasteiger partial charge on any atom is 0.401 e. The molecular weight excluding hydrogens is 423 g/mol. The lowest BCUT2D eigenvalue weighted by Crippen LogP contribution is -2.49. The Morgan fingerprint density at radius 3 is 2.62 bits per heavy atom. The van der Waals surface area contributed by atoms with Crippen LogP contribution in [0.15, 0.2) is 24.4 Å². The van der Waals surface area contributed by atoms with E-state index in [-0.39, 0.29) is 5.91 Å². The van der Waals surface area contributed by atoms with Crippen LogP contribution in [0.4, 0.5) is 18.9 Å². The van der Waals surface area contributed by atoms with Crippen LogP contribution in [0.25, 0.3) is 10.9 Å². The SMILES string of the molecule is CC1(C(=O)Nc2c[nH]c3ccc(OCC4C[C@@H]5CN(CC(F)(F)F)C[C@@H]5C4)cc23)COC1. The number of carbonyl (C=O) groups is 1. The number of likely N-dealkylation sites (tertiary alicyclic amines) is 1. The van der Waals surface area contributed by atoms with Crippen molar-refractivity contribution in [2.45, 2.75) is 25.9 Å². The van der Waals surface area contributed by atoms with Gasteiger partial charge < -0.3 is 19.8 Å². The van der Waals surface area contributed by atoms with Crippen molar-refractivity contribution in [2.24, 2.45) is 23.2 Å². The van der Waals surface area contributed by atoms with Gasteiger partial charge in [-0.3, -0.25) is 9.69 Å². The van der Waals surface area contributed by atoms with Crippen LogP contribution < -0.4 is 10.1 Å². The minimum absolute atomic E-state index is 0.0620. The molecule has 1 aromatic carbocycles. The quantitative estimate of drug-likeness (QED) is 0.696. The van der Waals surface area contributed by atoms with Crippen LogP contribution in [0.5, 0.6) is 5.75 Å². The molecule has 2 aliphatic heterocycles. The first-order valence-corrected chi connectivity index (χ1v) is 11.1. The number of anilines is 1. The minimum Gasteiger partial charge on any atom is -0.493 e. The number of rotatable bonds is 6. The Morgan fingerprint density at radius 1 is 1.28 bits per heavy atom. The van der Waals surface area contributed by atoms with E-state index in [9.17, 15) is 18.0 Å². The van der Waals surface area contributed by atoms with E-state index in [1.807, 2.05) is 25.1 Å². The van der Waals surface area contributed by atoms with Gasteiger partial charge >= 0.3 is 6.18 Å². The summed E-state index contributed by atoms with van der Waals surface area (Å²) in [5.74, 6) is 1.68. The van der Waals surface area contributed by atoms with E-state index in [4.69, 9.17) is 9.47 Å². The van der Waals surface area contributed by atoms with Crippen LogP contribution in [0.2, 0.25) is 0 Å². The molecule has 6 nitrogen and oxygen atoms in total. The lowest BCUT2D eigenvalue weighted by atomic mass is 9.87. The van der Waals surface area contributed by atoms with Gasteiger partial charge in [0.25, 0.3) is 0 Å². The molecule has 0 bridgehead atoms. The molecule has 9 heteroatoms. The van der Waals surface area contributed by atoms with Crippen molar-refractivity contribution in [2.75, 3.05) is 44.8 Å². The Balaban J connectivity index is 1.17. The summed E-state index contributed by atoms with van der Waals surface area (Å²) >= 11 is 0. The average molecular weight is 451 g/mol. The molecule has 32 heavy (non-hydrogen) atoms. The van der Waals surface area contributed by atoms with Crippen molar-refractivity contribution in [1.29, 1.82) is 0 Å². The molecule has 0 spiro atoms. The van der Waals surface area contributed by atoms with E-state index in [2.05, 4.69) is 10.3 Å². The zero-order valence-corrected chi connectivity index (χ0v) is 18.0. The number of carbonyl (C=O) groups excluding carboxylic acids is 1.